The van der Waals surface area contributed by atoms with Crippen molar-refractivity contribution < 1.29 is 4.79 Å². The highest BCUT2D eigenvalue weighted by Crippen LogP contribution is 2.15. The number of nitrogens with one attached hydrogen (secondary N) is 1. The summed E-state index contributed by atoms with van der Waals surface area (Å²) >= 11 is 0. The number of hydrogen-bond donors (Lipinski definition) is 3. The number of nitrogens with two attached hydrogens (primary N) is 2. The molecule has 0 aliphatic heterocycles. The SMILES string of the molecule is CCC(N)(CC)CNc1ncccc1C(N)=O. The molecular weight excluding hydrogens is 216 g/mol. The minimum absolute atomic E-state index is 0.285. The highest BCUT2D eigenvalue weighted by molar-refractivity contribution is 5.97. The number of rotatable bonds is 6. The first-order valence-electron chi connectivity index (χ1n) is 5.80. The van der Waals surface area contributed by atoms with E-state index in [-0.39, 0.29) is 5.54 Å². The molecule has 0 bridgehead atoms. The maximum Gasteiger partial charge on any atom is 0.252 e. The molecule has 1 amide bonds. The average molecular weight is 236 g/mol. The number of amides is 1. The van der Waals surface area contributed by atoms with E-state index in [1.165, 1.54) is 0 Å². The number of aromatic nitrogens is 1. The van der Waals surface area contributed by atoms with Crippen molar-refractivity contribution >= 4 is 11.7 Å². The topological polar surface area (TPSA) is 94.0 Å². The highest BCUT2D eigenvalue weighted by Gasteiger charge is 2.20. The lowest BCUT2D eigenvalue weighted by molar-refractivity contribution is 0.100. The van der Waals surface area contributed by atoms with Crippen molar-refractivity contribution in [2.45, 2.75) is 32.2 Å². The predicted octanol–water partition coefficient (Wildman–Crippen LogP) is 1.11. The Balaban J connectivity index is 2.79. The Morgan fingerprint density at radius 1 is 1.47 bits per heavy atom. The maximum atomic E-state index is 11.2. The van der Waals surface area contributed by atoms with Crippen LogP contribution in [0.1, 0.15) is 37.0 Å². The molecule has 1 heterocycles. The third kappa shape index (κ3) is 3.42. The molecule has 0 aliphatic carbocycles. The van der Waals surface area contributed by atoms with Crippen LogP contribution in [0.4, 0.5) is 5.82 Å². The van der Waals surface area contributed by atoms with Crippen LogP contribution < -0.4 is 16.8 Å². The smallest absolute Gasteiger partial charge is 0.252 e. The van der Waals surface area contributed by atoms with Gasteiger partial charge in [-0.3, -0.25) is 4.79 Å². The number of pyridine rings is 1. The van der Waals surface area contributed by atoms with E-state index in [0.717, 1.165) is 12.8 Å². The Morgan fingerprint density at radius 2 is 2.12 bits per heavy atom. The first kappa shape index (κ1) is 13.4. The second kappa shape index (κ2) is 5.63. The van der Waals surface area contributed by atoms with Crippen LogP contribution in [0.3, 0.4) is 0 Å². The number of primary amides is 1. The maximum absolute atomic E-state index is 11.2. The zero-order valence-electron chi connectivity index (χ0n) is 10.4. The van der Waals surface area contributed by atoms with Crippen LogP contribution >= 0.6 is 0 Å². The summed E-state index contributed by atoms with van der Waals surface area (Å²) < 4.78 is 0. The van der Waals surface area contributed by atoms with Gasteiger partial charge in [0.25, 0.3) is 5.91 Å². The molecule has 5 N–H and O–H groups in total. The number of hydrogen-bond acceptors (Lipinski definition) is 4. The highest BCUT2D eigenvalue weighted by atomic mass is 16.1. The fourth-order valence-electron chi connectivity index (χ4n) is 1.50. The summed E-state index contributed by atoms with van der Waals surface area (Å²) in [6.07, 6.45) is 3.33. The monoisotopic (exact) mass is 236 g/mol. The normalized spacial score (nSPS) is 11.2. The summed E-state index contributed by atoms with van der Waals surface area (Å²) in [4.78, 5) is 15.3. The number of carbonyl (C=O) groups is 1. The molecule has 0 spiro atoms. The lowest BCUT2D eigenvalue weighted by atomic mass is 9.94. The third-order valence-corrected chi connectivity index (χ3v) is 3.09. The Labute approximate surface area is 102 Å². The van der Waals surface area contributed by atoms with E-state index in [9.17, 15) is 4.79 Å². The zero-order chi connectivity index (χ0) is 12.9. The van der Waals surface area contributed by atoms with Crippen molar-refractivity contribution in [3.05, 3.63) is 23.9 Å². The van der Waals surface area contributed by atoms with E-state index in [1.54, 1.807) is 18.3 Å². The molecule has 17 heavy (non-hydrogen) atoms. The lowest BCUT2D eigenvalue weighted by Gasteiger charge is -2.27. The fourth-order valence-corrected chi connectivity index (χ4v) is 1.50. The first-order valence-corrected chi connectivity index (χ1v) is 5.80. The minimum Gasteiger partial charge on any atom is -0.368 e. The van der Waals surface area contributed by atoms with Gasteiger partial charge in [-0.15, -0.1) is 0 Å². The summed E-state index contributed by atoms with van der Waals surface area (Å²) in [5.41, 5.74) is 11.5. The van der Waals surface area contributed by atoms with Gasteiger partial charge in [0.2, 0.25) is 0 Å². The molecule has 1 aromatic rings. The summed E-state index contributed by atoms with van der Waals surface area (Å²) in [5.74, 6) is 0.00735. The quantitative estimate of drug-likeness (QED) is 0.689. The van der Waals surface area contributed by atoms with Gasteiger partial charge < -0.3 is 16.8 Å². The minimum atomic E-state index is -0.490. The molecule has 1 rings (SSSR count). The molecule has 0 aliphatic rings. The van der Waals surface area contributed by atoms with Crippen LogP contribution in [-0.4, -0.2) is 23.0 Å². The van der Waals surface area contributed by atoms with Gasteiger partial charge >= 0.3 is 0 Å². The summed E-state index contributed by atoms with van der Waals surface area (Å²) in [7, 11) is 0. The molecule has 94 valence electrons. The van der Waals surface area contributed by atoms with Gasteiger partial charge in [-0.25, -0.2) is 4.98 Å². The van der Waals surface area contributed by atoms with Crippen LogP contribution in [0.5, 0.6) is 0 Å². The number of anilines is 1. The van der Waals surface area contributed by atoms with Crippen LogP contribution in [0.25, 0.3) is 0 Å². The van der Waals surface area contributed by atoms with E-state index >= 15 is 0 Å². The fraction of sp³-hybridized carbons (Fsp3) is 0.500. The molecule has 0 fully saturated rings. The van der Waals surface area contributed by atoms with Crippen molar-refractivity contribution in [3.63, 3.8) is 0 Å². The summed E-state index contributed by atoms with van der Waals surface area (Å²) in [6.45, 7) is 4.65. The molecule has 0 atom stereocenters. The second-order valence-electron chi connectivity index (χ2n) is 4.19. The molecule has 5 heteroatoms. The van der Waals surface area contributed by atoms with Crippen molar-refractivity contribution in [1.29, 1.82) is 0 Å². The molecule has 0 saturated carbocycles. The van der Waals surface area contributed by atoms with E-state index in [2.05, 4.69) is 10.3 Å². The Kier molecular flexibility index (Phi) is 4.45. The molecule has 0 unspecified atom stereocenters. The van der Waals surface area contributed by atoms with Gasteiger partial charge in [-0.1, -0.05) is 13.8 Å². The largest absolute Gasteiger partial charge is 0.368 e. The molecule has 0 radical (unpaired) electrons. The van der Waals surface area contributed by atoms with Gasteiger partial charge in [0, 0.05) is 18.3 Å². The van der Waals surface area contributed by atoms with E-state index in [4.69, 9.17) is 11.5 Å². The molecular formula is C12H20N4O. The van der Waals surface area contributed by atoms with Gasteiger partial charge in [0.1, 0.15) is 5.82 Å². The summed E-state index contributed by atoms with van der Waals surface area (Å²) in [6, 6.07) is 3.33. The van der Waals surface area contributed by atoms with E-state index in [0.29, 0.717) is 17.9 Å². The van der Waals surface area contributed by atoms with Gasteiger partial charge in [-0.05, 0) is 25.0 Å². The summed E-state index contributed by atoms with van der Waals surface area (Å²) in [5, 5.41) is 3.10. The van der Waals surface area contributed by atoms with Crippen LogP contribution in [0.2, 0.25) is 0 Å². The van der Waals surface area contributed by atoms with Crippen LogP contribution in [0.15, 0.2) is 18.3 Å². The first-order chi connectivity index (χ1) is 8.02. The predicted molar refractivity (Wildman–Crippen MR) is 68.7 cm³/mol. The van der Waals surface area contributed by atoms with Crippen molar-refractivity contribution in [2.24, 2.45) is 11.5 Å². The van der Waals surface area contributed by atoms with Crippen LogP contribution in [0, 0.1) is 0 Å². The molecule has 1 aromatic heterocycles. The van der Waals surface area contributed by atoms with Gasteiger partial charge in [0.15, 0.2) is 0 Å². The van der Waals surface area contributed by atoms with Gasteiger partial charge in [-0.2, -0.15) is 0 Å². The number of carbonyl (C=O) groups excluding carboxylic acids is 1. The van der Waals surface area contributed by atoms with E-state index in [1.807, 2.05) is 13.8 Å². The zero-order valence-corrected chi connectivity index (χ0v) is 10.4. The third-order valence-electron chi connectivity index (χ3n) is 3.09. The van der Waals surface area contributed by atoms with Crippen molar-refractivity contribution in [3.8, 4) is 0 Å². The Morgan fingerprint density at radius 3 is 2.65 bits per heavy atom. The molecule has 5 nitrogen and oxygen atoms in total. The standard InChI is InChI=1S/C12H20N4O/c1-3-12(14,4-2)8-16-11-9(10(13)17)6-5-7-15-11/h5-7H,3-4,8,14H2,1-2H3,(H2,13,17)(H,15,16). The van der Waals surface area contributed by atoms with Gasteiger partial charge in [0.05, 0.1) is 5.56 Å². The molecule has 0 aromatic carbocycles. The van der Waals surface area contributed by atoms with Crippen molar-refractivity contribution in [1.82, 2.24) is 4.98 Å². The lowest BCUT2D eigenvalue weighted by Crippen LogP contribution is -2.45. The van der Waals surface area contributed by atoms with Crippen LogP contribution in [-0.2, 0) is 0 Å². The molecule has 0 saturated heterocycles. The van der Waals surface area contributed by atoms with E-state index < -0.39 is 5.91 Å². The van der Waals surface area contributed by atoms with Crippen molar-refractivity contribution in [2.75, 3.05) is 11.9 Å². The average Bonchev–Trinajstić information content (AvgIpc) is 2.36. The second-order valence-corrected chi connectivity index (χ2v) is 4.19. The number of nitrogens with zero attached hydrogens (tertiary/aromatic N) is 1. The Bertz CT molecular complexity index is 388. The Hall–Kier alpha value is -1.62.